The highest BCUT2D eigenvalue weighted by Gasteiger charge is 2.27. The maximum atomic E-state index is 14.3. The summed E-state index contributed by atoms with van der Waals surface area (Å²) < 4.78 is 73.9. The summed E-state index contributed by atoms with van der Waals surface area (Å²) in [6.45, 7) is -1.77. The second-order valence-electron chi connectivity index (χ2n) is 6.37. The Balaban J connectivity index is 1.80. The first-order valence-corrected chi connectivity index (χ1v) is 8.76. The lowest BCUT2D eigenvalue weighted by molar-refractivity contribution is -0.176. The third-order valence-corrected chi connectivity index (χ3v) is 4.08. The maximum Gasteiger partial charge on any atom is 0.411 e. The van der Waals surface area contributed by atoms with Crippen LogP contribution < -0.4 is 4.90 Å². The zero-order chi connectivity index (χ0) is 21.7. The molecule has 0 radical (unpaired) electrons. The van der Waals surface area contributed by atoms with Gasteiger partial charge < -0.3 is 9.15 Å². The number of amides is 1. The fraction of sp³-hybridized carbons (Fsp3) is 0.190. The van der Waals surface area contributed by atoms with Crippen LogP contribution in [0.15, 0.2) is 65.3 Å². The molecule has 0 saturated heterocycles. The molecule has 1 aromatic heterocycles. The first kappa shape index (κ1) is 21.5. The van der Waals surface area contributed by atoms with E-state index in [9.17, 15) is 26.7 Å². The van der Waals surface area contributed by atoms with Gasteiger partial charge >= 0.3 is 6.18 Å². The molecule has 3 rings (SSSR count). The van der Waals surface area contributed by atoms with E-state index in [1.54, 1.807) is 12.1 Å². The van der Waals surface area contributed by atoms with E-state index in [1.165, 1.54) is 30.5 Å². The Morgan fingerprint density at radius 2 is 1.77 bits per heavy atom. The highest BCUT2D eigenvalue weighted by atomic mass is 19.4. The van der Waals surface area contributed by atoms with Crippen molar-refractivity contribution < 1.29 is 35.9 Å². The molecular formula is C21H16F5NO3. The van der Waals surface area contributed by atoms with Gasteiger partial charge in [0.05, 0.1) is 25.1 Å². The van der Waals surface area contributed by atoms with E-state index in [-0.39, 0.29) is 24.4 Å². The molecule has 3 aromatic rings. The summed E-state index contributed by atoms with van der Waals surface area (Å²) in [6.07, 6.45) is -3.03. The number of ether oxygens (including phenoxy) is 1. The van der Waals surface area contributed by atoms with Gasteiger partial charge in [-0.15, -0.1) is 0 Å². The van der Waals surface area contributed by atoms with E-state index >= 15 is 0 Å². The smallest absolute Gasteiger partial charge is 0.411 e. The number of carbonyl (C=O) groups excluding carboxylic acids is 1. The normalized spacial score (nSPS) is 11.5. The highest BCUT2D eigenvalue weighted by molar-refractivity contribution is 6.06. The van der Waals surface area contributed by atoms with Crippen LogP contribution in [0.1, 0.15) is 21.7 Å². The predicted molar refractivity (Wildman–Crippen MR) is 97.7 cm³/mol. The zero-order valence-electron chi connectivity index (χ0n) is 15.5. The Morgan fingerprint density at radius 3 is 2.37 bits per heavy atom. The summed E-state index contributed by atoms with van der Waals surface area (Å²) in [5.74, 6) is -1.93. The third kappa shape index (κ3) is 5.66. The van der Waals surface area contributed by atoms with Crippen LogP contribution in [-0.2, 0) is 17.9 Å². The van der Waals surface area contributed by atoms with Crippen LogP contribution in [0.5, 0.6) is 0 Å². The molecule has 30 heavy (non-hydrogen) atoms. The second-order valence-corrected chi connectivity index (χ2v) is 6.37. The topological polar surface area (TPSA) is 42.7 Å². The van der Waals surface area contributed by atoms with Crippen LogP contribution in [-0.4, -0.2) is 18.7 Å². The third-order valence-electron chi connectivity index (χ3n) is 4.08. The molecule has 0 saturated carbocycles. The van der Waals surface area contributed by atoms with Gasteiger partial charge in [-0.1, -0.05) is 12.1 Å². The molecule has 0 aliphatic rings. The average molecular weight is 425 g/mol. The largest absolute Gasteiger partial charge is 0.467 e. The Labute approximate surface area is 168 Å². The number of alkyl halides is 3. The Bertz CT molecular complexity index is 985. The molecular weight excluding hydrogens is 409 g/mol. The number of rotatable bonds is 7. The summed E-state index contributed by atoms with van der Waals surface area (Å²) in [4.78, 5) is 14.1. The fourth-order valence-corrected chi connectivity index (χ4v) is 2.71. The number of hydrogen-bond donors (Lipinski definition) is 0. The van der Waals surface area contributed by atoms with E-state index in [0.717, 1.165) is 17.0 Å². The monoisotopic (exact) mass is 425 g/mol. The minimum absolute atomic E-state index is 0.106. The van der Waals surface area contributed by atoms with Crippen molar-refractivity contribution >= 4 is 11.6 Å². The van der Waals surface area contributed by atoms with Crippen molar-refractivity contribution in [1.82, 2.24) is 0 Å². The van der Waals surface area contributed by atoms with Crippen molar-refractivity contribution in [2.75, 3.05) is 11.5 Å². The zero-order valence-corrected chi connectivity index (χ0v) is 15.5. The molecule has 0 fully saturated rings. The van der Waals surface area contributed by atoms with Gasteiger partial charge in [0.2, 0.25) is 0 Å². The second kappa shape index (κ2) is 9.08. The summed E-state index contributed by atoms with van der Waals surface area (Å²) in [7, 11) is 0. The lowest BCUT2D eigenvalue weighted by Gasteiger charge is -2.22. The van der Waals surface area contributed by atoms with Crippen molar-refractivity contribution in [2.45, 2.75) is 19.3 Å². The number of furan rings is 1. The van der Waals surface area contributed by atoms with E-state index < -0.39 is 30.3 Å². The number of benzene rings is 2. The van der Waals surface area contributed by atoms with Crippen LogP contribution in [0, 0.1) is 11.6 Å². The molecule has 0 N–H and O–H groups in total. The Hall–Kier alpha value is -3.20. The van der Waals surface area contributed by atoms with Gasteiger partial charge in [-0.25, -0.2) is 8.78 Å². The molecule has 0 spiro atoms. The van der Waals surface area contributed by atoms with Crippen molar-refractivity contribution in [1.29, 1.82) is 0 Å². The Morgan fingerprint density at radius 1 is 1.03 bits per heavy atom. The summed E-state index contributed by atoms with van der Waals surface area (Å²) in [5.41, 5.74) is 0.446. The molecule has 4 nitrogen and oxygen atoms in total. The van der Waals surface area contributed by atoms with E-state index in [1.807, 2.05) is 0 Å². The van der Waals surface area contributed by atoms with Crippen molar-refractivity contribution in [2.24, 2.45) is 0 Å². The number of halogens is 5. The van der Waals surface area contributed by atoms with Crippen molar-refractivity contribution in [3.05, 3.63) is 89.4 Å². The van der Waals surface area contributed by atoms with Gasteiger partial charge in [-0.3, -0.25) is 9.69 Å². The van der Waals surface area contributed by atoms with Gasteiger partial charge in [-0.2, -0.15) is 13.2 Å². The Kier molecular flexibility index (Phi) is 6.51. The molecule has 9 heteroatoms. The lowest BCUT2D eigenvalue weighted by atomic mass is 10.1. The molecule has 158 valence electrons. The number of nitrogens with zero attached hydrogens (tertiary/aromatic N) is 1. The van der Waals surface area contributed by atoms with Crippen LogP contribution in [0.4, 0.5) is 27.6 Å². The molecule has 0 bridgehead atoms. The van der Waals surface area contributed by atoms with E-state index in [0.29, 0.717) is 17.4 Å². The highest BCUT2D eigenvalue weighted by Crippen LogP contribution is 2.25. The molecule has 0 atom stereocenters. The molecule has 0 aliphatic heterocycles. The van der Waals surface area contributed by atoms with Crippen LogP contribution >= 0.6 is 0 Å². The minimum Gasteiger partial charge on any atom is -0.467 e. The number of anilines is 1. The van der Waals surface area contributed by atoms with Gasteiger partial charge in [0.1, 0.15) is 24.0 Å². The molecule has 0 aliphatic carbocycles. The summed E-state index contributed by atoms with van der Waals surface area (Å²) >= 11 is 0. The van der Waals surface area contributed by atoms with E-state index in [2.05, 4.69) is 4.74 Å². The van der Waals surface area contributed by atoms with Crippen molar-refractivity contribution in [3.63, 3.8) is 0 Å². The van der Waals surface area contributed by atoms with Crippen LogP contribution in [0.25, 0.3) is 0 Å². The quantitative estimate of drug-likeness (QED) is 0.471. The first-order chi connectivity index (χ1) is 14.2. The van der Waals surface area contributed by atoms with E-state index in [4.69, 9.17) is 4.42 Å². The minimum atomic E-state index is -4.43. The van der Waals surface area contributed by atoms with Crippen LogP contribution in [0.2, 0.25) is 0 Å². The number of carbonyl (C=O) groups is 1. The molecule has 2 aromatic carbocycles. The fourth-order valence-electron chi connectivity index (χ4n) is 2.71. The SMILES string of the molecule is O=C(c1ccc(COCC(F)(F)F)cc1)N(Cc1ccco1)c1ccc(F)cc1F. The predicted octanol–water partition coefficient (Wildman–Crippen LogP) is 5.48. The molecule has 1 heterocycles. The number of hydrogen-bond acceptors (Lipinski definition) is 3. The molecule has 0 unspecified atom stereocenters. The van der Waals surface area contributed by atoms with Gasteiger partial charge in [0.25, 0.3) is 5.91 Å². The van der Waals surface area contributed by atoms with Gasteiger partial charge in [0.15, 0.2) is 0 Å². The summed E-state index contributed by atoms with van der Waals surface area (Å²) in [6, 6.07) is 11.7. The summed E-state index contributed by atoms with van der Waals surface area (Å²) in [5, 5.41) is 0. The average Bonchev–Trinajstić information content (AvgIpc) is 3.19. The van der Waals surface area contributed by atoms with Crippen molar-refractivity contribution in [3.8, 4) is 0 Å². The van der Waals surface area contributed by atoms with Gasteiger partial charge in [-0.05, 0) is 42.0 Å². The lowest BCUT2D eigenvalue weighted by Crippen LogP contribution is -2.31. The molecule has 1 amide bonds. The maximum absolute atomic E-state index is 14.3. The van der Waals surface area contributed by atoms with Crippen LogP contribution in [0.3, 0.4) is 0 Å². The first-order valence-electron chi connectivity index (χ1n) is 8.76. The standard InChI is InChI=1S/C21H16F5NO3/c22-16-7-8-19(18(23)10-16)27(11-17-2-1-9-30-17)20(28)15-5-3-14(4-6-15)12-29-13-21(24,25)26/h1-10H,11-13H2. The van der Waals surface area contributed by atoms with Gasteiger partial charge in [0, 0.05) is 11.6 Å².